The van der Waals surface area contributed by atoms with Gasteiger partial charge in [0.25, 0.3) is 5.91 Å². The third-order valence-electron chi connectivity index (χ3n) is 3.23. The Bertz CT molecular complexity index is 815. The van der Waals surface area contributed by atoms with Crippen LogP contribution in [-0.4, -0.2) is 30.9 Å². The smallest absolute Gasteiger partial charge is 0.268 e. The van der Waals surface area contributed by atoms with Gasteiger partial charge in [-0.1, -0.05) is 23.4 Å². The lowest BCUT2D eigenvalue weighted by atomic mass is 10.2. The van der Waals surface area contributed by atoms with E-state index in [4.69, 9.17) is 5.73 Å². The molecule has 3 rings (SSSR count). The highest BCUT2D eigenvalue weighted by molar-refractivity contribution is 5.90. The first-order valence-electron chi connectivity index (χ1n) is 6.99. The summed E-state index contributed by atoms with van der Waals surface area (Å²) in [5, 5.41) is 11.4. The van der Waals surface area contributed by atoms with E-state index >= 15 is 0 Å². The van der Waals surface area contributed by atoms with E-state index in [0.29, 0.717) is 5.82 Å². The summed E-state index contributed by atoms with van der Waals surface area (Å²) in [5.41, 5.74) is 6.97. The van der Waals surface area contributed by atoms with E-state index in [2.05, 4.69) is 25.6 Å². The fourth-order valence-electron chi connectivity index (χ4n) is 2.03. The Balaban J connectivity index is 1.76. The lowest BCUT2D eigenvalue weighted by molar-refractivity contribution is 0.0995. The number of aromatic nitrogens is 5. The quantitative estimate of drug-likeness (QED) is 0.735. The maximum Gasteiger partial charge on any atom is 0.268 e. The Morgan fingerprint density at radius 1 is 1.26 bits per heavy atom. The standard InChI is InChI=1S/C15H15N7O/c1-10(18-14-8-17-7-12(19-14)15(16)23)13-9-22(21-20-13)11-5-3-2-4-6-11/h2-10H,1H3,(H2,16,23)(H,18,19). The molecule has 0 fully saturated rings. The van der Waals surface area contributed by atoms with Gasteiger partial charge >= 0.3 is 0 Å². The molecular formula is C15H15N7O. The van der Waals surface area contributed by atoms with Crippen molar-refractivity contribution in [2.24, 2.45) is 5.73 Å². The lowest BCUT2D eigenvalue weighted by Gasteiger charge is -2.11. The van der Waals surface area contributed by atoms with Crippen LogP contribution in [0, 0.1) is 0 Å². The van der Waals surface area contributed by atoms with Crippen LogP contribution < -0.4 is 11.1 Å². The molecule has 116 valence electrons. The first-order chi connectivity index (χ1) is 11.1. The summed E-state index contributed by atoms with van der Waals surface area (Å²) < 4.78 is 1.69. The van der Waals surface area contributed by atoms with Gasteiger partial charge in [-0.3, -0.25) is 9.78 Å². The molecular weight excluding hydrogens is 294 g/mol. The number of anilines is 1. The molecule has 0 aliphatic carbocycles. The van der Waals surface area contributed by atoms with Crippen LogP contribution in [-0.2, 0) is 0 Å². The summed E-state index contributed by atoms with van der Waals surface area (Å²) in [4.78, 5) is 19.2. The van der Waals surface area contributed by atoms with Gasteiger partial charge in [0, 0.05) is 0 Å². The molecule has 8 nitrogen and oxygen atoms in total. The summed E-state index contributed by atoms with van der Waals surface area (Å²) in [6.45, 7) is 1.91. The zero-order chi connectivity index (χ0) is 16.2. The van der Waals surface area contributed by atoms with E-state index in [1.165, 1.54) is 12.4 Å². The van der Waals surface area contributed by atoms with Gasteiger partial charge in [-0.15, -0.1) is 5.10 Å². The molecule has 0 saturated heterocycles. The largest absolute Gasteiger partial charge is 0.364 e. The molecule has 0 aliphatic rings. The minimum absolute atomic E-state index is 0.107. The molecule has 0 bridgehead atoms. The van der Waals surface area contributed by atoms with Crippen molar-refractivity contribution in [1.29, 1.82) is 0 Å². The van der Waals surface area contributed by atoms with Crippen molar-refractivity contribution in [3.8, 4) is 5.69 Å². The number of para-hydroxylation sites is 1. The molecule has 0 aliphatic heterocycles. The molecule has 1 aromatic carbocycles. The molecule has 1 amide bonds. The number of carbonyl (C=O) groups excluding carboxylic acids is 1. The van der Waals surface area contributed by atoms with Gasteiger partial charge in [-0.2, -0.15) is 0 Å². The van der Waals surface area contributed by atoms with Crippen molar-refractivity contribution in [2.75, 3.05) is 5.32 Å². The normalized spacial score (nSPS) is 11.9. The van der Waals surface area contributed by atoms with Crippen molar-refractivity contribution in [3.05, 3.63) is 60.3 Å². The van der Waals surface area contributed by atoms with Crippen LogP contribution in [0.4, 0.5) is 5.82 Å². The van der Waals surface area contributed by atoms with Gasteiger partial charge in [0.15, 0.2) is 0 Å². The Kier molecular flexibility index (Phi) is 3.96. The Morgan fingerprint density at radius 3 is 2.78 bits per heavy atom. The number of benzene rings is 1. The van der Waals surface area contributed by atoms with Gasteiger partial charge < -0.3 is 11.1 Å². The molecule has 8 heteroatoms. The lowest BCUT2D eigenvalue weighted by Crippen LogP contribution is -2.15. The Morgan fingerprint density at radius 2 is 2.04 bits per heavy atom. The van der Waals surface area contributed by atoms with E-state index in [1.54, 1.807) is 4.68 Å². The van der Waals surface area contributed by atoms with Crippen molar-refractivity contribution >= 4 is 11.7 Å². The van der Waals surface area contributed by atoms with Crippen molar-refractivity contribution in [2.45, 2.75) is 13.0 Å². The van der Waals surface area contributed by atoms with Crippen molar-refractivity contribution in [3.63, 3.8) is 0 Å². The summed E-state index contributed by atoms with van der Waals surface area (Å²) in [6.07, 6.45) is 4.67. The topological polar surface area (TPSA) is 112 Å². The van der Waals surface area contributed by atoms with Crippen LogP contribution >= 0.6 is 0 Å². The number of hydrogen-bond acceptors (Lipinski definition) is 6. The summed E-state index contributed by atoms with van der Waals surface area (Å²) in [7, 11) is 0. The average molecular weight is 309 g/mol. The minimum Gasteiger partial charge on any atom is -0.364 e. The Labute approximate surface area is 132 Å². The number of nitrogens with two attached hydrogens (primary N) is 1. The zero-order valence-electron chi connectivity index (χ0n) is 12.4. The Hall–Kier alpha value is -3.29. The van der Waals surface area contributed by atoms with Crippen LogP contribution in [0.3, 0.4) is 0 Å². The monoisotopic (exact) mass is 309 g/mol. The van der Waals surface area contributed by atoms with E-state index < -0.39 is 5.91 Å². The van der Waals surface area contributed by atoms with Crippen molar-refractivity contribution < 1.29 is 4.79 Å². The van der Waals surface area contributed by atoms with Crippen LogP contribution in [0.15, 0.2) is 48.9 Å². The first-order valence-corrected chi connectivity index (χ1v) is 6.99. The van der Waals surface area contributed by atoms with Gasteiger partial charge in [-0.05, 0) is 19.1 Å². The second-order valence-corrected chi connectivity index (χ2v) is 4.94. The molecule has 0 radical (unpaired) electrons. The molecule has 2 aromatic heterocycles. The highest BCUT2D eigenvalue weighted by atomic mass is 16.1. The molecule has 1 unspecified atom stereocenters. The third-order valence-corrected chi connectivity index (χ3v) is 3.23. The van der Waals surface area contributed by atoms with Gasteiger partial charge in [-0.25, -0.2) is 9.67 Å². The first kappa shape index (κ1) is 14.6. The van der Waals surface area contributed by atoms with Gasteiger partial charge in [0.05, 0.1) is 30.3 Å². The molecule has 3 N–H and O–H groups in total. The van der Waals surface area contributed by atoms with E-state index in [9.17, 15) is 4.79 Å². The zero-order valence-corrected chi connectivity index (χ0v) is 12.4. The minimum atomic E-state index is -0.621. The molecule has 0 spiro atoms. The third kappa shape index (κ3) is 3.31. The SMILES string of the molecule is CC(Nc1cncc(C(N)=O)n1)c1cn(-c2ccccc2)nn1. The number of carbonyl (C=O) groups is 1. The van der Waals surface area contributed by atoms with Crippen LogP contribution in [0.1, 0.15) is 29.1 Å². The van der Waals surface area contributed by atoms with Crippen molar-refractivity contribution in [1.82, 2.24) is 25.0 Å². The molecule has 1 atom stereocenters. The highest BCUT2D eigenvalue weighted by Gasteiger charge is 2.12. The number of nitrogens with one attached hydrogen (secondary N) is 1. The highest BCUT2D eigenvalue weighted by Crippen LogP contribution is 2.16. The number of hydrogen-bond donors (Lipinski definition) is 2. The molecule has 3 aromatic rings. The summed E-state index contributed by atoms with van der Waals surface area (Å²) in [5.74, 6) is -0.174. The second-order valence-electron chi connectivity index (χ2n) is 4.94. The van der Waals surface area contributed by atoms with E-state index in [-0.39, 0.29) is 11.7 Å². The predicted octanol–water partition coefficient (Wildman–Crippen LogP) is 1.33. The average Bonchev–Trinajstić information content (AvgIpc) is 3.06. The number of rotatable bonds is 5. The summed E-state index contributed by atoms with van der Waals surface area (Å²) in [6, 6.07) is 9.53. The molecule has 2 heterocycles. The maximum atomic E-state index is 11.1. The fourth-order valence-corrected chi connectivity index (χ4v) is 2.03. The molecule has 0 saturated carbocycles. The molecule has 23 heavy (non-hydrogen) atoms. The van der Waals surface area contributed by atoms with Gasteiger partial charge in [0.2, 0.25) is 0 Å². The fraction of sp³-hybridized carbons (Fsp3) is 0.133. The van der Waals surface area contributed by atoms with Gasteiger partial charge in [0.1, 0.15) is 17.2 Å². The summed E-state index contributed by atoms with van der Waals surface area (Å²) >= 11 is 0. The van der Waals surface area contributed by atoms with E-state index in [1.807, 2.05) is 43.5 Å². The maximum absolute atomic E-state index is 11.1. The second kappa shape index (κ2) is 6.22. The van der Waals surface area contributed by atoms with E-state index in [0.717, 1.165) is 11.4 Å². The number of amides is 1. The van der Waals surface area contributed by atoms with Crippen LogP contribution in [0.2, 0.25) is 0 Å². The van der Waals surface area contributed by atoms with Crippen LogP contribution in [0.25, 0.3) is 5.69 Å². The predicted molar refractivity (Wildman–Crippen MR) is 83.9 cm³/mol. The number of nitrogens with zero attached hydrogens (tertiary/aromatic N) is 5. The number of primary amides is 1. The van der Waals surface area contributed by atoms with Crippen LogP contribution in [0.5, 0.6) is 0 Å².